The second kappa shape index (κ2) is 6.45. The lowest BCUT2D eigenvalue weighted by Gasteiger charge is -2.12. The molecule has 0 spiro atoms. The smallest absolute Gasteiger partial charge is 0.248 e. The lowest BCUT2D eigenvalue weighted by molar-refractivity contribution is 0.881. The quantitative estimate of drug-likeness (QED) is 0.256. The topological polar surface area (TPSA) is 104 Å². The largest absolute Gasteiger partial charge is 0.378 e. The van der Waals surface area contributed by atoms with Crippen LogP contribution in [0.4, 0.5) is 5.69 Å². The molecular formula is C11H19N7. The summed E-state index contributed by atoms with van der Waals surface area (Å²) in [6.07, 6.45) is 0. The average Bonchev–Trinajstić information content (AvgIpc) is 2.39. The molecule has 7 heteroatoms. The second-order valence-corrected chi connectivity index (χ2v) is 3.87. The first-order chi connectivity index (χ1) is 8.58. The van der Waals surface area contributed by atoms with E-state index in [9.17, 15) is 0 Å². The van der Waals surface area contributed by atoms with Gasteiger partial charge in [0.1, 0.15) is 0 Å². The third-order valence-corrected chi connectivity index (χ3v) is 2.40. The lowest BCUT2D eigenvalue weighted by Crippen LogP contribution is -2.40. The maximum atomic E-state index is 5.16. The van der Waals surface area contributed by atoms with Crippen LogP contribution in [0, 0.1) is 0 Å². The Labute approximate surface area is 106 Å². The molecule has 0 radical (unpaired) electrons. The number of rotatable bonds is 3. The van der Waals surface area contributed by atoms with Crippen LogP contribution < -0.4 is 27.4 Å². The van der Waals surface area contributed by atoms with Gasteiger partial charge in [-0.25, -0.2) is 11.3 Å². The molecule has 1 aromatic carbocycles. The summed E-state index contributed by atoms with van der Waals surface area (Å²) in [6.45, 7) is 1.88. The van der Waals surface area contributed by atoms with E-state index in [1.807, 2.05) is 50.2 Å². The van der Waals surface area contributed by atoms with Gasteiger partial charge in [-0.15, -0.1) is 5.10 Å². The summed E-state index contributed by atoms with van der Waals surface area (Å²) in [5.74, 6) is 10.4. The molecule has 6 N–H and O–H groups in total. The Bertz CT molecular complexity index is 433. The van der Waals surface area contributed by atoms with Crippen molar-refractivity contribution >= 4 is 17.4 Å². The number of nitrogens with two attached hydrogens (primary N) is 2. The molecule has 0 heterocycles. The van der Waals surface area contributed by atoms with Gasteiger partial charge in [-0.2, -0.15) is 5.10 Å². The molecule has 0 saturated heterocycles. The normalized spacial score (nSPS) is 12.2. The van der Waals surface area contributed by atoms with Crippen LogP contribution >= 0.6 is 0 Å². The zero-order valence-corrected chi connectivity index (χ0v) is 10.8. The van der Waals surface area contributed by atoms with Crippen LogP contribution in [-0.2, 0) is 0 Å². The van der Waals surface area contributed by atoms with E-state index in [0.29, 0.717) is 0 Å². The fraction of sp³-hybridized carbons (Fsp3) is 0.273. The number of hydrazine groups is 1. The zero-order valence-electron chi connectivity index (χ0n) is 10.8. The highest BCUT2D eigenvalue weighted by molar-refractivity contribution is 5.99. The number of nitrogens with zero attached hydrogens (tertiary/aromatic N) is 3. The Morgan fingerprint density at radius 3 is 2.28 bits per heavy atom. The minimum absolute atomic E-state index is 0.194. The molecule has 0 amide bonds. The van der Waals surface area contributed by atoms with Gasteiger partial charge in [0, 0.05) is 19.8 Å². The average molecular weight is 249 g/mol. The van der Waals surface area contributed by atoms with Crippen molar-refractivity contribution in [3.05, 3.63) is 29.8 Å². The SMILES string of the molecule is C/C(=N\N/C(=N/N)NN)c1ccc(N(C)C)cc1. The molecular weight excluding hydrogens is 230 g/mol. The van der Waals surface area contributed by atoms with E-state index in [1.54, 1.807) is 0 Å². The summed E-state index contributed by atoms with van der Waals surface area (Å²) in [4.78, 5) is 2.03. The zero-order chi connectivity index (χ0) is 13.5. The van der Waals surface area contributed by atoms with Gasteiger partial charge in [-0.1, -0.05) is 12.1 Å². The van der Waals surface area contributed by atoms with Crippen molar-refractivity contribution in [2.75, 3.05) is 19.0 Å². The Balaban J connectivity index is 2.77. The van der Waals surface area contributed by atoms with E-state index in [-0.39, 0.29) is 5.96 Å². The van der Waals surface area contributed by atoms with Gasteiger partial charge in [0.05, 0.1) is 5.71 Å². The highest BCUT2D eigenvalue weighted by Gasteiger charge is 2.00. The molecule has 0 aliphatic heterocycles. The van der Waals surface area contributed by atoms with E-state index in [4.69, 9.17) is 11.7 Å². The van der Waals surface area contributed by atoms with Gasteiger partial charge in [0.15, 0.2) is 0 Å². The van der Waals surface area contributed by atoms with Gasteiger partial charge in [0.2, 0.25) is 5.96 Å². The predicted octanol–water partition coefficient (Wildman–Crippen LogP) is -0.241. The molecule has 1 rings (SSSR count). The first kappa shape index (κ1) is 13.8. The van der Waals surface area contributed by atoms with E-state index in [2.05, 4.69) is 21.1 Å². The van der Waals surface area contributed by atoms with Crippen molar-refractivity contribution in [2.24, 2.45) is 21.9 Å². The van der Waals surface area contributed by atoms with Gasteiger partial charge >= 0.3 is 0 Å². The molecule has 0 aliphatic carbocycles. The van der Waals surface area contributed by atoms with Crippen LogP contribution in [0.15, 0.2) is 34.5 Å². The molecule has 98 valence electrons. The molecule has 0 saturated carbocycles. The summed E-state index contributed by atoms with van der Waals surface area (Å²) < 4.78 is 0. The number of hydrogen-bond donors (Lipinski definition) is 4. The van der Waals surface area contributed by atoms with Gasteiger partial charge in [-0.05, 0) is 24.6 Å². The van der Waals surface area contributed by atoms with Crippen molar-refractivity contribution in [1.29, 1.82) is 0 Å². The maximum Gasteiger partial charge on any atom is 0.248 e. The van der Waals surface area contributed by atoms with Crippen molar-refractivity contribution in [1.82, 2.24) is 10.9 Å². The van der Waals surface area contributed by atoms with Crippen molar-refractivity contribution in [2.45, 2.75) is 6.92 Å². The molecule has 0 fully saturated rings. The van der Waals surface area contributed by atoms with E-state index in [1.165, 1.54) is 0 Å². The maximum absolute atomic E-state index is 5.16. The third-order valence-electron chi connectivity index (χ3n) is 2.40. The fourth-order valence-electron chi connectivity index (χ4n) is 1.30. The summed E-state index contributed by atoms with van der Waals surface area (Å²) in [7, 11) is 3.99. The standard InChI is InChI=1S/C11H19N7/c1-8(16-17-11(14-12)15-13)9-4-6-10(7-5-9)18(2)3/h4-7H,12-13H2,1-3H3,(H2,14,15,17)/b16-8+. The number of guanidine groups is 1. The Kier molecular flexibility index (Phi) is 4.94. The van der Waals surface area contributed by atoms with Gasteiger partial charge in [0.25, 0.3) is 0 Å². The minimum Gasteiger partial charge on any atom is -0.378 e. The Morgan fingerprint density at radius 1 is 1.22 bits per heavy atom. The van der Waals surface area contributed by atoms with Crippen LogP contribution in [0.2, 0.25) is 0 Å². The van der Waals surface area contributed by atoms with Crippen LogP contribution in [0.5, 0.6) is 0 Å². The molecule has 0 atom stereocenters. The molecule has 0 aliphatic rings. The summed E-state index contributed by atoms with van der Waals surface area (Å²) >= 11 is 0. The molecule has 7 nitrogen and oxygen atoms in total. The van der Waals surface area contributed by atoms with Crippen molar-refractivity contribution in [3.63, 3.8) is 0 Å². The second-order valence-electron chi connectivity index (χ2n) is 3.87. The highest BCUT2D eigenvalue weighted by Crippen LogP contribution is 2.12. The molecule has 18 heavy (non-hydrogen) atoms. The van der Waals surface area contributed by atoms with E-state index < -0.39 is 0 Å². The predicted molar refractivity (Wildman–Crippen MR) is 75.1 cm³/mol. The Hall–Kier alpha value is -2.28. The van der Waals surface area contributed by atoms with Crippen LogP contribution in [0.3, 0.4) is 0 Å². The van der Waals surface area contributed by atoms with E-state index in [0.717, 1.165) is 17.0 Å². The van der Waals surface area contributed by atoms with Crippen LogP contribution in [0.1, 0.15) is 12.5 Å². The Morgan fingerprint density at radius 2 is 1.83 bits per heavy atom. The minimum atomic E-state index is 0.194. The summed E-state index contributed by atoms with van der Waals surface area (Å²) in [6, 6.07) is 8.02. The third kappa shape index (κ3) is 3.63. The van der Waals surface area contributed by atoms with Crippen molar-refractivity contribution in [3.8, 4) is 0 Å². The molecule has 0 aromatic heterocycles. The monoisotopic (exact) mass is 249 g/mol. The number of hydrogen-bond acceptors (Lipinski definition) is 5. The summed E-state index contributed by atoms with van der Waals surface area (Å²) in [5.41, 5.74) is 7.84. The highest BCUT2D eigenvalue weighted by atomic mass is 15.5. The number of hydrazone groups is 2. The van der Waals surface area contributed by atoms with Crippen LogP contribution in [0.25, 0.3) is 0 Å². The number of anilines is 1. The molecule has 0 bridgehead atoms. The molecule has 1 aromatic rings. The number of benzene rings is 1. The fourth-order valence-corrected chi connectivity index (χ4v) is 1.30. The first-order valence-corrected chi connectivity index (χ1v) is 5.41. The first-order valence-electron chi connectivity index (χ1n) is 5.41. The van der Waals surface area contributed by atoms with Gasteiger partial charge in [-0.3, -0.25) is 5.43 Å². The van der Waals surface area contributed by atoms with Crippen molar-refractivity contribution < 1.29 is 0 Å². The van der Waals surface area contributed by atoms with Gasteiger partial charge < -0.3 is 10.7 Å². The van der Waals surface area contributed by atoms with E-state index >= 15 is 0 Å². The van der Waals surface area contributed by atoms with Crippen LogP contribution in [-0.4, -0.2) is 25.8 Å². The lowest BCUT2D eigenvalue weighted by atomic mass is 10.1. The molecule has 0 unspecified atom stereocenters. The number of nitrogens with one attached hydrogen (secondary N) is 2. The summed E-state index contributed by atoms with van der Waals surface area (Å²) in [5, 5.41) is 7.48.